The normalized spacial score (nSPS) is 41.1. The number of ketones is 1. The zero-order valence-electron chi connectivity index (χ0n) is 15.9. The zero-order valence-corrected chi connectivity index (χ0v) is 15.9. The summed E-state index contributed by atoms with van der Waals surface area (Å²) < 4.78 is 16.4. The van der Waals surface area contributed by atoms with Crippen molar-refractivity contribution < 1.29 is 33.7 Å². The number of carbonyl (C=O) groups is 3. The van der Waals surface area contributed by atoms with Crippen molar-refractivity contribution in [2.24, 2.45) is 5.92 Å². The minimum atomic E-state index is -1.43. The van der Waals surface area contributed by atoms with E-state index < -0.39 is 47.9 Å². The van der Waals surface area contributed by atoms with E-state index in [0.29, 0.717) is 11.1 Å². The number of hydrogen-bond acceptors (Lipinski definition) is 7. The van der Waals surface area contributed by atoms with Gasteiger partial charge >= 0.3 is 11.9 Å². The number of Topliss-reactive ketones (excluding diaryl/α,β-unsaturated/α-hetero) is 1. The van der Waals surface area contributed by atoms with Crippen molar-refractivity contribution in [3.63, 3.8) is 0 Å². The highest BCUT2D eigenvalue weighted by Crippen LogP contribution is 2.43. The summed E-state index contributed by atoms with van der Waals surface area (Å²) in [7, 11) is 0. The third-order valence-electron chi connectivity index (χ3n) is 5.46. The Morgan fingerprint density at radius 3 is 2.74 bits per heavy atom. The van der Waals surface area contributed by atoms with Crippen molar-refractivity contribution in [1.29, 1.82) is 0 Å². The van der Waals surface area contributed by atoms with Crippen molar-refractivity contribution >= 4 is 17.7 Å². The Bertz CT molecular complexity index is 773. The fourth-order valence-electron chi connectivity index (χ4n) is 3.63. The predicted molar refractivity (Wildman–Crippen MR) is 94.5 cm³/mol. The number of epoxide rings is 1. The highest BCUT2D eigenvalue weighted by molar-refractivity contribution is 6.01. The maximum absolute atomic E-state index is 12.5. The van der Waals surface area contributed by atoms with Crippen molar-refractivity contribution in [1.82, 2.24) is 0 Å². The summed E-state index contributed by atoms with van der Waals surface area (Å²) in [6, 6.07) is 0. The molecule has 7 heteroatoms. The molecule has 1 N–H and O–H groups in total. The fourth-order valence-corrected chi connectivity index (χ4v) is 3.63. The molecule has 146 valence electrons. The largest absolute Gasteiger partial charge is 0.458 e. The summed E-state index contributed by atoms with van der Waals surface area (Å²) in [6.07, 6.45) is 0.0321. The molecule has 2 fully saturated rings. The molecule has 27 heavy (non-hydrogen) atoms. The molecule has 1 aliphatic carbocycles. The van der Waals surface area contributed by atoms with E-state index in [1.54, 1.807) is 32.9 Å². The van der Waals surface area contributed by atoms with Gasteiger partial charge in [0.2, 0.25) is 0 Å². The minimum Gasteiger partial charge on any atom is -0.458 e. The van der Waals surface area contributed by atoms with Crippen LogP contribution in [0.4, 0.5) is 0 Å². The van der Waals surface area contributed by atoms with Crippen LogP contribution in [0.5, 0.6) is 0 Å². The molecule has 0 amide bonds. The van der Waals surface area contributed by atoms with Crippen molar-refractivity contribution in [3.05, 3.63) is 35.5 Å². The van der Waals surface area contributed by atoms with Crippen LogP contribution in [0.2, 0.25) is 0 Å². The summed E-state index contributed by atoms with van der Waals surface area (Å²) in [6.45, 7) is 10.2. The highest BCUT2D eigenvalue weighted by Gasteiger charge is 2.58. The van der Waals surface area contributed by atoms with E-state index in [2.05, 4.69) is 6.58 Å². The SMILES string of the molecule is C=C1C(=O)O[C@@H]2/C=C(/C)C(=O)[C@H]3O[C@@H]3[C@](C)(O)C[C@H](OC(=O)/C(C)=C\C)[C@@H]12. The second-order valence-electron chi connectivity index (χ2n) is 7.59. The second-order valence-corrected chi connectivity index (χ2v) is 7.59. The maximum atomic E-state index is 12.5. The minimum absolute atomic E-state index is 0.0199. The van der Waals surface area contributed by atoms with Gasteiger partial charge in [-0.2, -0.15) is 0 Å². The topological polar surface area (TPSA) is 102 Å². The molecule has 6 atom stereocenters. The number of fused-ring (bicyclic) bond motifs is 2. The molecule has 0 unspecified atom stereocenters. The van der Waals surface area contributed by atoms with Gasteiger partial charge in [0.1, 0.15) is 24.4 Å². The molecule has 2 aliphatic heterocycles. The smallest absolute Gasteiger partial charge is 0.334 e. The van der Waals surface area contributed by atoms with Crippen LogP contribution >= 0.6 is 0 Å². The van der Waals surface area contributed by atoms with Gasteiger partial charge in [0.15, 0.2) is 5.78 Å². The number of rotatable bonds is 2. The highest BCUT2D eigenvalue weighted by atomic mass is 16.6. The lowest BCUT2D eigenvalue weighted by Crippen LogP contribution is -2.44. The van der Waals surface area contributed by atoms with E-state index in [1.165, 1.54) is 6.92 Å². The van der Waals surface area contributed by atoms with Crippen molar-refractivity contribution in [2.75, 3.05) is 0 Å². The van der Waals surface area contributed by atoms with Crippen molar-refractivity contribution in [3.8, 4) is 0 Å². The lowest BCUT2D eigenvalue weighted by atomic mass is 9.80. The number of aliphatic hydroxyl groups is 1. The second kappa shape index (κ2) is 6.73. The van der Waals surface area contributed by atoms with E-state index in [9.17, 15) is 19.5 Å². The van der Waals surface area contributed by atoms with Gasteiger partial charge in [-0.3, -0.25) is 4.79 Å². The van der Waals surface area contributed by atoms with Gasteiger partial charge in [-0.1, -0.05) is 12.7 Å². The Morgan fingerprint density at radius 2 is 2.11 bits per heavy atom. The third-order valence-corrected chi connectivity index (χ3v) is 5.46. The van der Waals surface area contributed by atoms with E-state index in [-0.39, 0.29) is 17.8 Å². The van der Waals surface area contributed by atoms with Crippen molar-refractivity contribution in [2.45, 2.75) is 64.1 Å². The zero-order chi connectivity index (χ0) is 20.1. The lowest BCUT2D eigenvalue weighted by molar-refractivity contribution is -0.151. The van der Waals surface area contributed by atoms with Gasteiger partial charge in [-0.15, -0.1) is 0 Å². The molecule has 3 aliphatic rings. The van der Waals surface area contributed by atoms with E-state index in [0.717, 1.165) is 0 Å². The van der Waals surface area contributed by atoms with Crippen LogP contribution in [-0.2, 0) is 28.6 Å². The van der Waals surface area contributed by atoms with Crippen LogP contribution in [0.1, 0.15) is 34.1 Å². The van der Waals surface area contributed by atoms with Gasteiger partial charge in [0.25, 0.3) is 0 Å². The van der Waals surface area contributed by atoms with Crippen LogP contribution in [0, 0.1) is 5.92 Å². The molecule has 0 bridgehead atoms. The van der Waals surface area contributed by atoms with Crippen LogP contribution in [0.3, 0.4) is 0 Å². The summed E-state index contributed by atoms with van der Waals surface area (Å²) >= 11 is 0. The number of ether oxygens (including phenoxy) is 3. The number of hydrogen-bond donors (Lipinski definition) is 1. The average molecular weight is 376 g/mol. The molecule has 0 aromatic heterocycles. The number of carbonyl (C=O) groups excluding carboxylic acids is 3. The summed E-state index contributed by atoms with van der Waals surface area (Å²) in [5.41, 5.74) is -0.505. The lowest BCUT2D eigenvalue weighted by Gasteiger charge is -2.32. The molecule has 2 saturated heterocycles. The predicted octanol–water partition coefficient (Wildman–Crippen LogP) is 1.40. The Kier molecular flexibility index (Phi) is 4.86. The first-order valence-electron chi connectivity index (χ1n) is 8.91. The Labute approximate surface area is 157 Å². The molecule has 3 rings (SSSR count). The van der Waals surface area contributed by atoms with Gasteiger partial charge in [-0.05, 0) is 39.3 Å². The number of allylic oxidation sites excluding steroid dienone is 1. The van der Waals surface area contributed by atoms with E-state index in [1.807, 2.05) is 0 Å². The molecule has 0 spiro atoms. The summed E-state index contributed by atoms with van der Waals surface area (Å²) in [5, 5.41) is 10.9. The monoisotopic (exact) mass is 376 g/mol. The third kappa shape index (κ3) is 3.49. The molecule has 0 aromatic rings. The van der Waals surface area contributed by atoms with Crippen LogP contribution < -0.4 is 0 Å². The van der Waals surface area contributed by atoms with Crippen LogP contribution in [-0.4, -0.2) is 52.8 Å². The first-order valence-corrected chi connectivity index (χ1v) is 8.91. The fraction of sp³-hybridized carbons (Fsp3) is 0.550. The standard InChI is InChI=1S/C20H24O7/c1-6-9(2)18(22)26-13-8-20(5,24)17-16(27-17)15(21)10(3)7-12-14(13)11(4)19(23)25-12/h6-7,12-14,16-17,24H,4,8H2,1-3,5H3/b9-6-,10-7-/t12-,13+,14+,16-,17+,20-/m1/s1. The first kappa shape index (κ1) is 19.5. The van der Waals surface area contributed by atoms with Gasteiger partial charge in [0.05, 0.1) is 11.5 Å². The van der Waals surface area contributed by atoms with Gasteiger partial charge in [-0.25, -0.2) is 9.59 Å². The van der Waals surface area contributed by atoms with E-state index >= 15 is 0 Å². The molecule has 0 aromatic carbocycles. The average Bonchev–Trinajstić information content (AvgIpc) is 3.35. The summed E-state index contributed by atoms with van der Waals surface area (Å²) in [4.78, 5) is 36.9. The number of esters is 2. The molecular formula is C20H24O7. The van der Waals surface area contributed by atoms with E-state index in [4.69, 9.17) is 14.2 Å². The van der Waals surface area contributed by atoms with Gasteiger partial charge in [0, 0.05) is 17.6 Å². The molecule has 0 saturated carbocycles. The molecular weight excluding hydrogens is 352 g/mol. The maximum Gasteiger partial charge on any atom is 0.334 e. The Balaban J connectivity index is 2.03. The molecule has 0 radical (unpaired) electrons. The quantitative estimate of drug-likeness (QED) is 0.441. The summed E-state index contributed by atoms with van der Waals surface area (Å²) in [5.74, 6) is -2.11. The molecule has 7 nitrogen and oxygen atoms in total. The molecule has 2 heterocycles. The Hall–Kier alpha value is -2.25. The Morgan fingerprint density at radius 1 is 1.44 bits per heavy atom. The first-order chi connectivity index (χ1) is 12.6. The van der Waals surface area contributed by atoms with Crippen LogP contribution in [0.25, 0.3) is 0 Å². The van der Waals surface area contributed by atoms with Gasteiger partial charge < -0.3 is 19.3 Å². The van der Waals surface area contributed by atoms with Crippen LogP contribution in [0.15, 0.2) is 35.5 Å².